The number of phenolic OH excluding ortho intramolecular Hbond substituents is 7. The van der Waals surface area contributed by atoms with Crippen LogP contribution in [-0.4, -0.2) is 58.2 Å². The van der Waals surface area contributed by atoms with Crippen LogP contribution in [0.15, 0.2) is 60.7 Å². The van der Waals surface area contributed by atoms with E-state index in [1.54, 1.807) is 0 Å². The maximum Gasteiger partial charge on any atom is 0.157 e. The Balaban J connectivity index is 1.51. The van der Waals surface area contributed by atoms with Gasteiger partial charge in [-0.1, -0.05) is 18.2 Å². The Morgan fingerprint density at radius 2 is 1.22 bits per heavy atom. The Bertz CT molecular complexity index is 1670. The van der Waals surface area contributed by atoms with E-state index in [-0.39, 0.29) is 63.4 Å². The maximum absolute atomic E-state index is 11.6. The number of rotatable bonds is 3. The summed E-state index contributed by atoms with van der Waals surface area (Å²) >= 11 is 0. The van der Waals surface area contributed by atoms with Crippen LogP contribution in [-0.2, 0) is 6.42 Å². The van der Waals surface area contributed by atoms with Gasteiger partial charge in [-0.15, -0.1) is 0 Å². The number of benzene rings is 4. The lowest BCUT2D eigenvalue weighted by atomic mass is 9.77. The van der Waals surface area contributed by atoms with Gasteiger partial charge in [-0.2, -0.15) is 0 Å². The molecule has 11 heteroatoms. The predicted molar refractivity (Wildman–Crippen MR) is 142 cm³/mol. The Labute approximate surface area is 232 Å². The van der Waals surface area contributed by atoms with Gasteiger partial charge in [0.05, 0.1) is 6.10 Å². The molecule has 0 saturated heterocycles. The number of aliphatic hydroxyl groups excluding tert-OH is 2. The summed E-state index contributed by atoms with van der Waals surface area (Å²) in [7, 11) is 0. The van der Waals surface area contributed by atoms with Crippen molar-refractivity contribution in [3.05, 3.63) is 88.5 Å². The highest BCUT2D eigenvalue weighted by atomic mass is 16.5. The Kier molecular flexibility index (Phi) is 6.13. The second-order valence-electron chi connectivity index (χ2n) is 10.2. The highest BCUT2D eigenvalue weighted by Gasteiger charge is 2.45. The molecule has 0 saturated carbocycles. The molecule has 2 aliphatic heterocycles. The standard InChI is InChI=1S/C30H26O11/c31-14-3-4-15(19(34)9-14)25-26-22(37)11-24-16(10-23(38)28(40-24)12-1-5-17(32)20(35)7-12)30(26)41-29(27(25)39)13-2-6-18(33)21(36)8-13/h1-9,11,23,25,27-29,31-39H,10H2/t23-,25-,27-,28+,29+/m1/s1. The number of aromatic hydroxyl groups is 7. The molecule has 0 aromatic heterocycles. The largest absolute Gasteiger partial charge is 0.508 e. The van der Waals surface area contributed by atoms with E-state index in [4.69, 9.17) is 9.47 Å². The first-order valence-electron chi connectivity index (χ1n) is 12.7. The molecule has 4 aromatic rings. The van der Waals surface area contributed by atoms with Crippen LogP contribution in [0.4, 0.5) is 0 Å². The summed E-state index contributed by atoms with van der Waals surface area (Å²) < 4.78 is 12.3. The molecule has 41 heavy (non-hydrogen) atoms. The van der Waals surface area contributed by atoms with Crippen LogP contribution in [0.3, 0.4) is 0 Å². The number of hydrogen-bond donors (Lipinski definition) is 9. The molecule has 4 aromatic carbocycles. The number of aliphatic hydroxyl groups is 2. The lowest BCUT2D eigenvalue weighted by molar-refractivity contribution is -0.00190. The van der Waals surface area contributed by atoms with Gasteiger partial charge < -0.3 is 55.4 Å². The predicted octanol–water partition coefficient (Wildman–Crippen LogP) is 3.29. The molecular weight excluding hydrogens is 536 g/mol. The monoisotopic (exact) mass is 562 g/mol. The molecule has 0 unspecified atom stereocenters. The molecule has 0 bridgehead atoms. The lowest BCUT2D eigenvalue weighted by Gasteiger charge is -2.41. The molecule has 2 aliphatic rings. The van der Waals surface area contributed by atoms with Crippen molar-refractivity contribution in [2.45, 2.75) is 36.8 Å². The van der Waals surface area contributed by atoms with Crippen LogP contribution < -0.4 is 9.47 Å². The van der Waals surface area contributed by atoms with Crippen molar-refractivity contribution in [2.24, 2.45) is 0 Å². The van der Waals surface area contributed by atoms with Crippen LogP contribution >= 0.6 is 0 Å². The van der Waals surface area contributed by atoms with Gasteiger partial charge in [0.2, 0.25) is 0 Å². The van der Waals surface area contributed by atoms with Gasteiger partial charge >= 0.3 is 0 Å². The summed E-state index contributed by atoms with van der Waals surface area (Å²) in [5.41, 5.74) is 1.27. The van der Waals surface area contributed by atoms with Crippen molar-refractivity contribution in [3.8, 4) is 51.7 Å². The fourth-order valence-electron chi connectivity index (χ4n) is 5.61. The van der Waals surface area contributed by atoms with Crippen LogP contribution in [0, 0.1) is 0 Å². The van der Waals surface area contributed by atoms with Gasteiger partial charge in [0, 0.05) is 41.2 Å². The summed E-state index contributed by atoms with van der Waals surface area (Å²) in [5, 5.41) is 94.1. The summed E-state index contributed by atoms with van der Waals surface area (Å²) in [6.07, 6.45) is -4.79. The fourth-order valence-corrected chi connectivity index (χ4v) is 5.61. The van der Waals surface area contributed by atoms with Gasteiger partial charge in [-0.05, 0) is 41.5 Å². The lowest BCUT2D eigenvalue weighted by Crippen LogP contribution is -2.37. The van der Waals surface area contributed by atoms with Crippen LogP contribution in [0.5, 0.6) is 51.7 Å². The van der Waals surface area contributed by atoms with E-state index >= 15 is 0 Å². The van der Waals surface area contributed by atoms with Crippen molar-refractivity contribution in [1.29, 1.82) is 0 Å². The van der Waals surface area contributed by atoms with Crippen molar-refractivity contribution in [3.63, 3.8) is 0 Å². The van der Waals surface area contributed by atoms with Crippen molar-refractivity contribution in [2.75, 3.05) is 0 Å². The fraction of sp³-hybridized carbons (Fsp3) is 0.200. The van der Waals surface area contributed by atoms with E-state index in [1.807, 2.05) is 0 Å². The molecule has 9 N–H and O–H groups in total. The molecule has 0 aliphatic carbocycles. The topological polar surface area (TPSA) is 201 Å². The molecule has 2 heterocycles. The summed E-state index contributed by atoms with van der Waals surface area (Å²) in [5.74, 6) is -3.36. The Morgan fingerprint density at radius 1 is 0.585 bits per heavy atom. The third-order valence-corrected chi connectivity index (χ3v) is 7.59. The van der Waals surface area contributed by atoms with E-state index in [0.29, 0.717) is 11.1 Å². The molecule has 212 valence electrons. The molecule has 6 rings (SSSR count). The highest BCUT2D eigenvalue weighted by molar-refractivity contribution is 5.64. The summed E-state index contributed by atoms with van der Waals surface area (Å²) in [6, 6.07) is 13.0. The van der Waals surface area contributed by atoms with Crippen LogP contribution in [0.2, 0.25) is 0 Å². The normalized spacial score (nSPS) is 23.1. The first kappa shape index (κ1) is 26.2. The number of fused-ring (bicyclic) bond motifs is 3. The minimum Gasteiger partial charge on any atom is -0.508 e. The zero-order chi connectivity index (χ0) is 29.2. The molecule has 11 nitrogen and oxygen atoms in total. The number of hydrogen-bond acceptors (Lipinski definition) is 11. The zero-order valence-corrected chi connectivity index (χ0v) is 21.2. The van der Waals surface area contributed by atoms with Gasteiger partial charge in [-0.25, -0.2) is 0 Å². The second-order valence-corrected chi connectivity index (χ2v) is 10.2. The SMILES string of the molecule is Oc1ccc([C@@H]2c3c(O)cc4c(c3O[C@@H](c3ccc(O)c(O)c3)[C@@H]2O)C[C@@H](O)[C@H](c2ccc(O)c(O)c2)O4)c(O)c1. The molecule has 0 radical (unpaired) electrons. The van der Waals surface area contributed by atoms with E-state index in [9.17, 15) is 46.0 Å². The van der Waals surface area contributed by atoms with E-state index in [2.05, 4.69) is 0 Å². The second kappa shape index (κ2) is 9.58. The summed E-state index contributed by atoms with van der Waals surface area (Å²) in [4.78, 5) is 0. The highest BCUT2D eigenvalue weighted by Crippen LogP contribution is 2.56. The van der Waals surface area contributed by atoms with E-state index < -0.39 is 41.8 Å². The van der Waals surface area contributed by atoms with Gasteiger partial charge in [-0.3, -0.25) is 0 Å². The molecule has 5 atom stereocenters. The van der Waals surface area contributed by atoms with Crippen molar-refractivity contribution >= 4 is 0 Å². The first-order valence-corrected chi connectivity index (χ1v) is 12.7. The molecule has 0 fully saturated rings. The van der Waals surface area contributed by atoms with Gasteiger partial charge in [0.25, 0.3) is 0 Å². The maximum atomic E-state index is 11.6. The average Bonchev–Trinajstić information content (AvgIpc) is 2.92. The minimum absolute atomic E-state index is 0.0395. The Hall–Kier alpha value is -5.00. The molecular formula is C30H26O11. The average molecular weight is 563 g/mol. The third-order valence-electron chi connectivity index (χ3n) is 7.59. The molecule has 0 amide bonds. The molecule has 0 spiro atoms. The quantitative estimate of drug-likeness (QED) is 0.166. The zero-order valence-electron chi connectivity index (χ0n) is 21.2. The van der Waals surface area contributed by atoms with E-state index in [1.165, 1.54) is 54.6 Å². The van der Waals surface area contributed by atoms with Crippen LogP contribution in [0.1, 0.15) is 45.9 Å². The number of ether oxygens (including phenoxy) is 2. The first-order chi connectivity index (χ1) is 19.5. The van der Waals surface area contributed by atoms with Gasteiger partial charge in [0.1, 0.15) is 41.0 Å². The minimum atomic E-state index is -1.44. The van der Waals surface area contributed by atoms with Crippen molar-refractivity contribution in [1.82, 2.24) is 0 Å². The van der Waals surface area contributed by atoms with Crippen LogP contribution in [0.25, 0.3) is 0 Å². The van der Waals surface area contributed by atoms with Crippen molar-refractivity contribution < 1.29 is 55.4 Å². The summed E-state index contributed by atoms with van der Waals surface area (Å²) in [6.45, 7) is 0. The number of phenols is 7. The third kappa shape index (κ3) is 4.31. The van der Waals surface area contributed by atoms with E-state index in [0.717, 1.165) is 6.07 Å². The Morgan fingerprint density at radius 3 is 1.83 bits per heavy atom. The van der Waals surface area contributed by atoms with Gasteiger partial charge in [0.15, 0.2) is 29.1 Å². The smallest absolute Gasteiger partial charge is 0.157 e.